The maximum atomic E-state index is 13.4. The van der Waals surface area contributed by atoms with Crippen LogP contribution < -0.4 is 14.3 Å². The van der Waals surface area contributed by atoms with E-state index in [0.29, 0.717) is 5.69 Å². The molecule has 0 unspecified atom stereocenters. The van der Waals surface area contributed by atoms with Crippen LogP contribution in [0.2, 0.25) is 0 Å². The molecule has 0 saturated heterocycles. The molecule has 0 aromatic heterocycles. The number of sulfonamides is 2. The second-order valence-electron chi connectivity index (χ2n) is 9.08. The molecule has 4 rings (SSSR count). The summed E-state index contributed by atoms with van der Waals surface area (Å²) in [5, 5.41) is 13.6. The summed E-state index contributed by atoms with van der Waals surface area (Å²) in [5.41, 5.74) is 2.42. The average molecular weight is 595 g/mol. The number of anilines is 3. The highest BCUT2D eigenvalue weighted by atomic mass is 32.2. The van der Waals surface area contributed by atoms with Crippen molar-refractivity contribution in [3.05, 3.63) is 118 Å². The van der Waals surface area contributed by atoms with E-state index in [1.165, 1.54) is 60.7 Å². The SMILES string of the molecule is Cc1ccc(NS(=O)(=O)c2ccc(NC(=O)CN(c3ccc([N+](=O)[O-])cc3)S(=O)(=O)c3ccccc3)cc2)cc1C. The van der Waals surface area contributed by atoms with E-state index in [1.54, 1.807) is 18.2 Å². The molecule has 0 aliphatic carbocycles. The number of nitrogens with zero attached hydrogens (tertiary/aromatic N) is 2. The number of hydrogen-bond acceptors (Lipinski definition) is 7. The Bertz CT molecular complexity index is 1790. The first-order valence-electron chi connectivity index (χ1n) is 12.2. The molecule has 0 spiro atoms. The number of rotatable bonds is 10. The summed E-state index contributed by atoms with van der Waals surface area (Å²) < 4.78 is 55.9. The molecule has 1 amide bonds. The van der Waals surface area contributed by atoms with Crippen molar-refractivity contribution in [2.75, 3.05) is 20.9 Å². The van der Waals surface area contributed by atoms with Crippen molar-refractivity contribution in [1.82, 2.24) is 0 Å². The molecule has 11 nitrogen and oxygen atoms in total. The zero-order chi connectivity index (χ0) is 29.8. The molecule has 0 aliphatic heterocycles. The normalized spacial score (nSPS) is 11.5. The molecular weight excluding hydrogens is 568 g/mol. The fraction of sp³-hybridized carbons (Fsp3) is 0.107. The van der Waals surface area contributed by atoms with E-state index >= 15 is 0 Å². The van der Waals surface area contributed by atoms with E-state index in [9.17, 15) is 31.7 Å². The van der Waals surface area contributed by atoms with Crippen molar-refractivity contribution in [3.63, 3.8) is 0 Å². The van der Waals surface area contributed by atoms with Crippen molar-refractivity contribution in [2.45, 2.75) is 23.6 Å². The quantitative estimate of drug-likeness (QED) is 0.196. The van der Waals surface area contributed by atoms with E-state index in [-0.39, 0.29) is 26.9 Å². The van der Waals surface area contributed by atoms with Gasteiger partial charge in [0.15, 0.2) is 0 Å². The van der Waals surface area contributed by atoms with Crippen LogP contribution >= 0.6 is 0 Å². The molecule has 4 aromatic rings. The molecule has 41 heavy (non-hydrogen) atoms. The molecule has 0 atom stereocenters. The highest BCUT2D eigenvalue weighted by molar-refractivity contribution is 7.93. The van der Waals surface area contributed by atoms with Crippen LogP contribution in [0, 0.1) is 24.0 Å². The zero-order valence-electron chi connectivity index (χ0n) is 22.0. The van der Waals surface area contributed by atoms with Crippen molar-refractivity contribution in [2.24, 2.45) is 0 Å². The lowest BCUT2D eigenvalue weighted by Gasteiger charge is -2.24. The standard InChI is InChI=1S/C28H26N4O7S2/c1-20-8-9-23(18-21(20)2)30-40(36,37)26-16-10-22(11-17-26)29-28(33)19-31(24-12-14-25(15-13-24)32(34)35)41(38,39)27-6-4-3-5-7-27/h3-18,30H,19H2,1-2H3,(H,29,33). The molecule has 0 aliphatic rings. The minimum absolute atomic E-state index is 0.0344. The third kappa shape index (κ3) is 6.88. The smallest absolute Gasteiger partial charge is 0.269 e. The van der Waals surface area contributed by atoms with Crippen molar-refractivity contribution >= 4 is 48.7 Å². The third-order valence-electron chi connectivity index (χ3n) is 6.17. The summed E-state index contributed by atoms with van der Waals surface area (Å²) in [4.78, 5) is 23.3. The highest BCUT2D eigenvalue weighted by Gasteiger charge is 2.27. The number of aryl methyl sites for hydroxylation is 2. The maximum absolute atomic E-state index is 13.4. The minimum Gasteiger partial charge on any atom is -0.325 e. The van der Waals surface area contributed by atoms with E-state index in [0.717, 1.165) is 27.6 Å². The van der Waals surface area contributed by atoms with Crippen LogP contribution in [-0.2, 0) is 24.8 Å². The molecule has 2 N–H and O–H groups in total. The second-order valence-corrected chi connectivity index (χ2v) is 12.6. The third-order valence-corrected chi connectivity index (χ3v) is 9.36. The van der Waals surface area contributed by atoms with Crippen molar-refractivity contribution in [3.8, 4) is 0 Å². The Kier molecular flexibility index (Phi) is 8.40. The Balaban J connectivity index is 1.53. The van der Waals surface area contributed by atoms with Crippen LogP contribution in [0.5, 0.6) is 0 Å². The van der Waals surface area contributed by atoms with Crippen LogP contribution in [-0.4, -0.2) is 34.2 Å². The summed E-state index contributed by atoms with van der Waals surface area (Å²) in [7, 11) is -8.12. The zero-order valence-corrected chi connectivity index (χ0v) is 23.6. The molecule has 212 valence electrons. The number of carbonyl (C=O) groups is 1. The number of hydrogen-bond donors (Lipinski definition) is 2. The van der Waals surface area contributed by atoms with Crippen molar-refractivity contribution in [1.29, 1.82) is 0 Å². The number of nitro groups is 1. The Morgan fingerprint density at radius 3 is 1.98 bits per heavy atom. The van der Waals surface area contributed by atoms with Crippen LogP contribution in [0.15, 0.2) is 107 Å². The molecule has 0 saturated carbocycles. The summed E-state index contributed by atoms with van der Waals surface area (Å²) >= 11 is 0. The number of benzene rings is 4. The van der Waals surface area contributed by atoms with Gasteiger partial charge in [-0.1, -0.05) is 24.3 Å². The molecule has 0 fully saturated rings. The van der Waals surface area contributed by atoms with Gasteiger partial charge >= 0.3 is 0 Å². The Labute approximate surface area is 237 Å². The maximum Gasteiger partial charge on any atom is 0.269 e. The lowest BCUT2D eigenvalue weighted by atomic mass is 10.1. The van der Waals surface area contributed by atoms with E-state index in [1.807, 2.05) is 19.9 Å². The predicted octanol–water partition coefficient (Wildman–Crippen LogP) is 4.85. The Morgan fingerprint density at radius 2 is 1.39 bits per heavy atom. The van der Waals surface area contributed by atoms with Gasteiger partial charge in [-0.3, -0.25) is 23.9 Å². The first-order chi connectivity index (χ1) is 19.4. The highest BCUT2D eigenvalue weighted by Crippen LogP contribution is 2.26. The van der Waals surface area contributed by atoms with Gasteiger partial charge in [-0.15, -0.1) is 0 Å². The lowest BCUT2D eigenvalue weighted by molar-refractivity contribution is -0.384. The number of nitro benzene ring substituents is 1. The molecular formula is C28H26N4O7S2. The molecule has 13 heteroatoms. The average Bonchev–Trinajstić information content (AvgIpc) is 2.94. The first kappa shape index (κ1) is 29.2. The monoisotopic (exact) mass is 594 g/mol. The van der Waals surface area contributed by atoms with Gasteiger partial charge in [0.05, 0.1) is 20.4 Å². The summed E-state index contributed by atoms with van der Waals surface area (Å²) in [6, 6.07) is 22.8. The van der Waals surface area contributed by atoms with Crippen molar-refractivity contribution < 1.29 is 26.6 Å². The van der Waals surface area contributed by atoms with Gasteiger partial charge < -0.3 is 5.32 Å². The molecule has 0 bridgehead atoms. The number of nitrogens with one attached hydrogen (secondary N) is 2. The largest absolute Gasteiger partial charge is 0.325 e. The van der Waals surface area contributed by atoms with E-state index in [2.05, 4.69) is 10.0 Å². The van der Waals surface area contributed by atoms with E-state index in [4.69, 9.17) is 0 Å². The second kappa shape index (κ2) is 11.8. The summed E-state index contributed by atoms with van der Waals surface area (Å²) in [5.74, 6) is -0.716. The predicted molar refractivity (Wildman–Crippen MR) is 156 cm³/mol. The fourth-order valence-electron chi connectivity index (χ4n) is 3.84. The van der Waals surface area contributed by atoms with Gasteiger partial charge in [0.2, 0.25) is 5.91 Å². The topological polar surface area (TPSA) is 156 Å². The van der Waals surface area contributed by atoms with Crippen LogP contribution in [0.3, 0.4) is 0 Å². The Hall–Kier alpha value is -4.75. The molecule has 0 heterocycles. The summed E-state index contributed by atoms with van der Waals surface area (Å²) in [6.45, 7) is 3.14. The number of amides is 1. The minimum atomic E-state index is -4.22. The molecule has 4 aromatic carbocycles. The van der Waals surface area contributed by atoms with Crippen LogP contribution in [0.4, 0.5) is 22.7 Å². The Morgan fingerprint density at radius 1 is 0.780 bits per heavy atom. The van der Waals surface area contributed by atoms with E-state index < -0.39 is 37.4 Å². The van der Waals surface area contributed by atoms with Gasteiger partial charge in [0, 0.05) is 23.5 Å². The van der Waals surface area contributed by atoms with Gasteiger partial charge in [0.25, 0.3) is 25.7 Å². The van der Waals surface area contributed by atoms with Gasteiger partial charge in [-0.2, -0.15) is 0 Å². The van der Waals surface area contributed by atoms with Crippen LogP contribution in [0.1, 0.15) is 11.1 Å². The fourth-order valence-corrected chi connectivity index (χ4v) is 6.33. The lowest BCUT2D eigenvalue weighted by Crippen LogP contribution is -2.38. The van der Waals surface area contributed by atoms with Gasteiger partial charge in [0.1, 0.15) is 6.54 Å². The number of non-ortho nitro benzene ring substituents is 1. The van der Waals surface area contributed by atoms with Gasteiger partial charge in [-0.05, 0) is 85.6 Å². The van der Waals surface area contributed by atoms with Gasteiger partial charge in [-0.25, -0.2) is 16.8 Å². The summed E-state index contributed by atoms with van der Waals surface area (Å²) in [6.07, 6.45) is 0. The molecule has 0 radical (unpaired) electrons. The number of carbonyl (C=O) groups excluding carboxylic acids is 1. The first-order valence-corrected chi connectivity index (χ1v) is 15.1. The van der Waals surface area contributed by atoms with Crippen LogP contribution in [0.25, 0.3) is 0 Å².